The van der Waals surface area contributed by atoms with Gasteiger partial charge in [-0.05, 0) is 36.2 Å². The van der Waals surface area contributed by atoms with Gasteiger partial charge in [-0.15, -0.1) is 0 Å². The van der Waals surface area contributed by atoms with E-state index in [9.17, 15) is 4.79 Å². The molecule has 2 aromatic heterocycles. The summed E-state index contributed by atoms with van der Waals surface area (Å²) in [5.41, 5.74) is 1.99. The lowest BCUT2D eigenvalue weighted by molar-refractivity contribution is 0.0746. The number of hydrogen-bond donors (Lipinski definition) is 1. The van der Waals surface area contributed by atoms with Gasteiger partial charge in [0.25, 0.3) is 5.91 Å². The summed E-state index contributed by atoms with van der Waals surface area (Å²) in [5.74, 6) is 2.37. The van der Waals surface area contributed by atoms with Crippen molar-refractivity contribution in [2.75, 3.05) is 36.4 Å². The van der Waals surface area contributed by atoms with Crippen molar-refractivity contribution < 1.29 is 4.79 Å². The fraction of sp³-hybridized carbons (Fsp3) is 0.273. The zero-order valence-corrected chi connectivity index (χ0v) is 16.5. The Bertz CT molecular complexity index is 953. The van der Waals surface area contributed by atoms with E-state index in [4.69, 9.17) is 0 Å². The number of carbonyl (C=O) groups is 1. The molecule has 1 aliphatic heterocycles. The van der Waals surface area contributed by atoms with Crippen molar-refractivity contribution in [1.29, 1.82) is 0 Å². The molecule has 148 valence electrons. The van der Waals surface area contributed by atoms with Crippen LogP contribution in [0.2, 0.25) is 0 Å². The number of anilines is 3. The van der Waals surface area contributed by atoms with Crippen LogP contribution in [-0.2, 0) is 6.42 Å². The van der Waals surface area contributed by atoms with Crippen LogP contribution in [0, 0.1) is 0 Å². The van der Waals surface area contributed by atoms with Crippen LogP contribution in [-0.4, -0.2) is 51.9 Å². The molecule has 1 fully saturated rings. The number of pyridine rings is 1. The summed E-state index contributed by atoms with van der Waals surface area (Å²) in [5, 5.41) is 3.19. The van der Waals surface area contributed by atoms with Gasteiger partial charge in [0, 0.05) is 44.0 Å². The first kappa shape index (κ1) is 18.9. The van der Waals surface area contributed by atoms with Gasteiger partial charge in [0.05, 0.1) is 0 Å². The number of piperazine rings is 1. The highest BCUT2D eigenvalue weighted by molar-refractivity contribution is 5.94. The van der Waals surface area contributed by atoms with Gasteiger partial charge in [0.15, 0.2) is 0 Å². The van der Waals surface area contributed by atoms with Gasteiger partial charge in [0.1, 0.15) is 23.8 Å². The van der Waals surface area contributed by atoms with Gasteiger partial charge in [-0.1, -0.05) is 25.1 Å². The molecule has 1 amide bonds. The van der Waals surface area contributed by atoms with Gasteiger partial charge >= 0.3 is 0 Å². The van der Waals surface area contributed by atoms with Crippen molar-refractivity contribution in [2.45, 2.75) is 13.3 Å². The Morgan fingerprint density at radius 3 is 2.45 bits per heavy atom. The van der Waals surface area contributed by atoms with Crippen molar-refractivity contribution in [1.82, 2.24) is 19.9 Å². The van der Waals surface area contributed by atoms with E-state index in [0.29, 0.717) is 18.9 Å². The Labute approximate surface area is 170 Å². The minimum absolute atomic E-state index is 0.0903. The van der Waals surface area contributed by atoms with Gasteiger partial charge < -0.3 is 15.1 Å². The first-order valence-electron chi connectivity index (χ1n) is 9.86. The van der Waals surface area contributed by atoms with Crippen molar-refractivity contribution in [2.24, 2.45) is 0 Å². The maximum Gasteiger partial charge on any atom is 0.253 e. The van der Waals surface area contributed by atoms with Crippen LogP contribution in [0.3, 0.4) is 0 Å². The normalized spacial score (nSPS) is 14.0. The predicted molar refractivity (Wildman–Crippen MR) is 113 cm³/mol. The SMILES string of the molecule is CCc1ccc(C(=O)N2CCN(c3cc(Nc4ccccn4)ncn3)CC2)cc1. The predicted octanol–water partition coefficient (Wildman–Crippen LogP) is 3.14. The van der Waals surface area contributed by atoms with E-state index in [1.165, 1.54) is 5.56 Å². The highest BCUT2D eigenvalue weighted by Gasteiger charge is 2.23. The van der Waals surface area contributed by atoms with E-state index >= 15 is 0 Å². The van der Waals surface area contributed by atoms with Crippen LogP contribution in [0.5, 0.6) is 0 Å². The number of benzene rings is 1. The summed E-state index contributed by atoms with van der Waals surface area (Å²) in [6.45, 7) is 4.92. The lowest BCUT2D eigenvalue weighted by atomic mass is 10.1. The fourth-order valence-corrected chi connectivity index (χ4v) is 3.36. The topological polar surface area (TPSA) is 74.2 Å². The maximum atomic E-state index is 12.8. The van der Waals surface area contributed by atoms with Crippen LogP contribution < -0.4 is 10.2 Å². The third-order valence-electron chi connectivity index (χ3n) is 5.07. The molecule has 4 rings (SSSR count). The molecule has 1 aromatic carbocycles. The number of nitrogens with zero attached hydrogens (tertiary/aromatic N) is 5. The fourth-order valence-electron chi connectivity index (χ4n) is 3.36. The summed E-state index contributed by atoms with van der Waals surface area (Å²) in [6.07, 6.45) is 4.26. The highest BCUT2D eigenvalue weighted by atomic mass is 16.2. The van der Waals surface area contributed by atoms with Crippen molar-refractivity contribution in [3.63, 3.8) is 0 Å². The van der Waals surface area contributed by atoms with E-state index in [1.807, 2.05) is 53.4 Å². The molecule has 1 aliphatic rings. The average molecular weight is 388 g/mol. The van der Waals surface area contributed by atoms with Crippen LogP contribution in [0.15, 0.2) is 61.1 Å². The molecule has 0 bridgehead atoms. The number of aromatic nitrogens is 3. The van der Waals surface area contributed by atoms with E-state index in [0.717, 1.165) is 36.7 Å². The molecule has 1 saturated heterocycles. The molecule has 0 atom stereocenters. The van der Waals surface area contributed by atoms with Crippen molar-refractivity contribution in [3.05, 3.63) is 72.2 Å². The maximum absolute atomic E-state index is 12.8. The summed E-state index contributed by atoms with van der Waals surface area (Å²) in [6, 6.07) is 15.5. The number of carbonyl (C=O) groups excluding carboxylic acids is 1. The number of hydrogen-bond acceptors (Lipinski definition) is 6. The Morgan fingerprint density at radius 1 is 0.966 bits per heavy atom. The van der Waals surface area contributed by atoms with Crippen LogP contribution >= 0.6 is 0 Å². The number of rotatable bonds is 5. The minimum Gasteiger partial charge on any atom is -0.353 e. The van der Waals surface area contributed by atoms with Gasteiger partial charge in [-0.25, -0.2) is 15.0 Å². The zero-order chi connectivity index (χ0) is 20.1. The number of amides is 1. The summed E-state index contributed by atoms with van der Waals surface area (Å²) < 4.78 is 0. The van der Waals surface area contributed by atoms with E-state index < -0.39 is 0 Å². The average Bonchev–Trinajstić information content (AvgIpc) is 2.80. The first-order chi connectivity index (χ1) is 14.2. The van der Waals surface area contributed by atoms with E-state index in [-0.39, 0.29) is 5.91 Å². The Morgan fingerprint density at radius 2 is 1.76 bits per heavy atom. The molecule has 3 heterocycles. The molecule has 0 saturated carbocycles. The zero-order valence-electron chi connectivity index (χ0n) is 16.5. The lowest BCUT2D eigenvalue weighted by Gasteiger charge is -2.35. The molecule has 0 unspecified atom stereocenters. The van der Waals surface area contributed by atoms with Crippen molar-refractivity contribution in [3.8, 4) is 0 Å². The Kier molecular flexibility index (Phi) is 5.65. The number of nitrogens with one attached hydrogen (secondary N) is 1. The Balaban J connectivity index is 1.38. The van der Waals surface area contributed by atoms with Crippen LogP contribution in [0.25, 0.3) is 0 Å². The minimum atomic E-state index is 0.0903. The summed E-state index contributed by atoms with van der Waals surface area (Å²) in [4.78, 5) is 29.8. The largest absolute Gasteiger partial charge is 0.353 e. The standard InChI is InChI=1S/C22H24N6O/c1-2-17-6-8-18(9-7-17)22(29)28-13-11-27(12-14-28)21-15-20(24-16-25-21)26-19-5-3-4-10-23-19/h3-10,15-16H,2,11-14H2,1H3,(H,23,24,25,26). The highest BCUT2D eigenvalue weighted by Crippen LogP contribution is 2.19. The molecular formula is C22H24N6O. The number of aryl methyl sites for hydroxylation is 1. The quantitative estimate of drug-likeness (QED) is 0.724. The van der Waals surface area contributed by atoms with E-state index in [2.05, 4.69) is 32.1 Å². The third-order valence-corrected chi connectivity index (χ3v) is 5.07. The van der Waals surface area contributed by atoms with Crippen LogP contribution in [0.1, 0.15) is 22.8 Å². The molecule has 0 spiro atoms. The van der Waals surface area contributed by atoms with Gasteiger partial charge in [0.2, 0.25) is 0 Å². The third kappa shape index (κ3) is 4.51. The molecule has 3 aromatic rings. The lowest BCUT2D eigenvalue weighted by Crippen LogP contribution is -2.49. The molecule has 29 heavy (non-hydrogen) atoms. The second-order valence-electron chi connectivity index (χ2n) is 6.93. The molecular weight excluding hydrogens is 364 g/mol. The monoisotopic (exact) mass is 388 g/mol. The second-order valence-corrected chi connectivity index (χ2v) is 6.93. The van der Waals surface area contributed by atoms with Gasteiger partial charge in [-0.2, -0.15) is 0 Å². The molecule has 1 N–H and O–H groups in total. The van der Waals surface area contributed by atoms with Crippen molar-refractivity contribution >= 4 is 23.4 Å². The Hall–Kier alpha value is -3.48. The molecule has 7 nitrogen and oxygen atoms in total. The second kappa shape index (κ2) is 8.68. The smallest absolute Gasteiger partial charge is 0.253 e. The van der Waals surface area contributed by atoms with Crippen LogP contribution in [0.4, 0.5) is 17.5 Å². The molecule has 7 heteroatoms. The molecule has 0 aliphatic carbocycles. The van der Waals surface area contributed by atoms with E-state index in [1.54, 1.807) is 12.5 Å². The molecule has 0 radical (unpaired) electrons. The van der Waals surface area contributed by atoms with Gasteiger partial charge in [-0.3, -0.25) is 4.79 Å². The summed E-state index contributed by atoms with van der Waals surface area (Å²) >= 11 is 0. The summed E-state index contributed by atoms with van der Waals surface area (Å²) in [7, 11) is 0. The first-order valence-corrected chi connectivity index (χ1v) is 9.86.